The predicted octanol–water partition coefficient (Wildman–Crippen LogP) is 7.06. The molecule has 1 fully saturated rings. The third-order valence-electron chi connectivity index (χ3n) is 5.21. The van der Waals surface area contributed by atoms with E-state index in [9.17, 15) is 9.59 Å². The summed E-state index contributed by atoms with van der Waals surface area (Å²) in [6.45, 7) is 2.55. The second-order valence-corrected chi connectivity index (χ2v) is 10.5. The third kappa shape index (κ3) is 6.21. The van der Waals surface area contributed by atoms with Gasteiger partial charge >= 0.3 is 0 Å². The van der Waals surface area contributed by atoms with Crippen molar-refractivity contribution in [3.05, 3.63) is 89.9 Å². The van der Waals surface area contributed by atoms with E-state index in [1.54, 1.807) is 42.5 Å². The van der Waals surface area contributed by atoms with Gasteiger partial charge in [0.05, 0.1) is 25.9 Å². The molecule has 4 rings (SSSR count). The van der Waals surface area contributed by atoms with Crippen LogP contribution >= 0.6 is 69.6 Å². The molecule has 0 bridgehead atoms. The highest BCUT2D eigenvalue weighted by molar-refractivity contribution is 14.1. The van der Waals surface area contributed by atoms with Crippen LogP contribution in [0.15, 0.2) is 60.2 Å². The summed E-state index contributed by atoms with van der Waals surface area (Å²) < 4.78 is 12.6. The van der Waals surface area contributed by atoms with E-state index in [2.05, 4.69) is 27.9 Å². The summed E-state index contributed by atoms with van der Waals surface area (Å²) in [4.78, 5) is 27.3. The maximum Gasteiger partial charge on any atom is 0.270 e. The number of carbonyl (C=O) groups excluding carboxylic acids is 2. The van der Waals surface area contributed by atoms with Crippen LogP contribution in [0.2, 0.25) is 15.1 Å². The molecule has 1 saturated heterocycles. The fourth-order valence-electron chi connectivity index (χ4n) is 3.52. The summed E-state index contributed by atoms with van der Waals surface area (Å²) in [6.07, 6.45) is 1.47. The van der Waals surface area contributed by atoms with E-state index in [1.165, 1.54) is 6.08 Å². The van der Waals surface area contributed by atoms with Gasteiger partial charge < -0.3 is 9.47 Å². The number of rotatable bonds is 7. The first kappa shape index (κ1) is 27.7. The van der Waals surface area contributed by atoms with Crippen molar-refractivity contribution in [2.24, 2.45) is 0 Å². The number of carbonyl (C=O) groups is 2. The summed E-state index contributed by atoms with van der Waals surface area (Å²) in [5.74, 6) is -0.231. The molecule has 0 saturated carbocycles. The summed E-state index contributed by atoms with van der Waals surface area (Å²) in [6, 6.07) is 15.7. The van der Waals surface area contributed by atoms with Gasteiger partial charge in [0.15, 0.2) is 16.6 Å². The molecule has 37 heavy (non-hydrogen) atoms. The van der Waals surface area contributed by atoms with Crippen molar-refractivity contribution in [1.82, 2.24) is 5.32 Å². The molecule has 1 aliphatic heterocycles. The van der Waals surface area contributed by atoms with E-state index in [0.717, 1.165) is 14.0 Å². The number of benzene rings is 3. The molecular weight excluding hydrogens is 670 g/mol. The summed E-state index contributed by atoms with van der Waals surface area (Å²) in [7, 11) is 0. The van der Waals surface area contributed by atoms with Crippen molar-refractivity contribution in [3.8, 4) is 11.5 Å². The van der Waals surface area contributed by atoms with Crippen LogP contribution in [0.4, 0.5) is 5.69 Å². The molecule has 3 aromatic rings. The van der Waals surface area contributed by atoms with E-state index in [-0.39, 0.29) is 26.4 Å². The first-order chi connectivity index (χ1) is 17.7. The van der Waals surface area contributed by atoms with Crippen LogP contribution in [0.25, 0.3) is 6.08 Å². The van der Waals surface area contributed by atoms with E-state index >= 15 is 0 Å². The number of anilines is 1. The van der Waals surface area contributed by atoms with E-state index in [4.69, 9.17) is 56.5 Å². The van der Waals surface area contributed by atoms with Gasteiger partial charge in [0, 0.05) is 5.02 Å². The van der Waals surface area contributed by atoms with Crippen LogP contribution < -0.4 is 19.7 Å². The van der Waals surface area contributed by atoms with Gasteiger partial charge in [0.25, 0.3) is 11.8 Å². The molecule has 0 aliphatic carbocycles. The average Bonchev–Trinajstić information content (AvgIpc) is 2.85. The molecular formula is C26H18Cl3IN2O4S. The minimum Gasteiger partial charge on any atom is -0.490 e. The van der Waals surface area contributed by atoms with Crippen molar-refractivity contribution >= 4 is 98.3 Å². The lowest BCUT2D eigenvalue weighted by atomic mass is 10.1. The van der Waals surface area contributed by atoms with Gasteiger partial charge in [-0.05, 0) is 95.3 Å². The van der Waals surface area contributed by atoms with Crippen molar-refractivity contribution < 1.29 is 19.1 Å². The Bertz CT molecular complexity index is 1430. The fourth-order valence-corrected chi connectivity index (χ4v) is 5.08. The molecule has 0 unspecified atom stereocenters. The minimum atomic E-state index is -0.631. The van der Waals surface area contributed by atoms with Crippen LogP contribution in [0.1, 0.15) is 18.1 Å². The van der Waals surface area contributed by atoms with Gasteiger partial charge in [-0.25, -0.2) is 0 Å². The quantitative estimate of drug-likeness (QED) is 0.125. The molecule has 1 heterocycles. The Morgan fingerprint density at radius 2 is 1.78 bits per heavy atom. The molecule has 190 valence electrons. The number of nitrogens with zero attached hydrogens (tertiary/aromatic N) is 1. The number of nitrogens with one attached hydrogen (secondary N) is 1. The summed E-state index contributed by atoms with van der Waals surface area (Å²) in [5.41, 5.74) is 1.65. The van der Waals surface area contributed by atoms with E-state index in [1.807, 2.05) is 19.1 Å². The average molecular weight is 688 g/mol. The summed E-state index contributed by atoms with van der Waals surface area (Å²) >= 11 is 25.8. The Hall–Kier alpha value is -2.37. The van der Waals surface area contributed by atoms with E-state index in [0.29, 0.717) is 35.3 Å². The zero-order valence-corrected chi connectivity index (χ0v) is 24.4. The molecule has 0 aromatic heterocycles. The first-order valence-electron chi connectivity index (χ1n) is 10.9. The Morgan fingerprint density at radius 3 is 2.49 bits per heavy atom. The SMILES string of the molecule is CCOc1cc(/C=C2\C(=O)NC(=S)N(c3cccc(Cl)c3Cl)C2=O)cc(I)c1OCc1ccc(Cl)cc1. The molecule has 0 spiro atoms. The Labute approximate surface area is 247 Å². The molecule has 1 aliphatic rings. The van der Waals surface area contributed by atoms with Crippen LogP contribution in [-0.2, 0) is 16.2 Å². The Kier molecular flexibility index (Phi) is 8.97. The summed E-state index contributed by atoms with van der Waals surface area (Å²) in [5, 5.41) is 3.49. The standard InChI is InChI=1S/C26H18Cl3IN2O4S/c1-2-35-21-12-15(11-19(30)23(21)36-13-14-6-8-16(27)9-7-14)10-17-24(33)31-26(37)32(25(17)34)20-5-3-4-18(28)22(20)29/h3-12H,2,13H2,1H3,(H,31,33,37)/b17-10+. The second-order valence-electron chi connectivity index (χ2n) is 7.71. The van der Waals surface area contributed by atoms with Crippen molar-refractivity contribution in [3.63, 3.8) is 0 Å². The molecule has 6 nitrogen and oxygen atoms in total. The highest BCUT2D eigenvalue weighted by Gasteiger charge is 2.35. The highest BCUT2D eigenvalue weighted by atomic mass is 127. The third-order valence-corrected chi connectivity index (χ3v) is 7.36. The minimum absolute atomic E-state index is 0.0909. The topological polar surface area (TPSA) is 67.9 Å². The van der Waals surface area contributed by atoms with E-state index < -0.39 is 11.8 Å². The second kappa shape index (κ2) is 12.0. The maximum atomic E-state index is 13.4. The lowest BCUT2D eigenvalue weighted by Gasteiger charge is -2.29. The molecule has 11 heteroatoms. The van der Waals surface area contributed by atoms with Gasteiger partial charge in [-0.2, -0.15) is 0 Å². The number of ether oxygens (including phenoxy) is 2. The molecule has 0 atom stereocenters. The lowest BCUT2D eigenvalue weighted by molar-refractivity contribution is -0.122. The molecule has 0 radical (unpaired) electrons. The molecule has 1 N–H and O–H groups in total. The molecule has 3 aromatic carbocycles. The predicted molar refractivity (Wildman–Crippen MR) is 159 cm³/mol. The van der Waals surface area contributed by atoms with Gasteiger partial charge in [0.2, 0.25) is 0 Å². The van der Waals surface area contributed by atoms with Crippen LogP contribution in [0.3, 0.4) is 0 Å². The lowest BCUT2D eigenvalue weighted by Crippen LogP contribution is -2.54. The normalized spacial score (nSPS) is 14.7. The Balaban J connectivity index is 1.67. The van der Waals surface area contributed by atoms with Crippen molar-refractivity contribution in [2.75, 3.05) is 11.5 Å². The highest BCUT2D eigenvalue weighted by Crippen LogP contribution is 2.37. The van der Waals surface area contributed by atoms with Crippen LogP contribution in [0, 0.1) is 3.57 Å². The fraction of sp³-hybridized carbons (Fsp3) is 0.115. The number of hydrogen-bond acceptors (Lipinski definition) is 5. The number of halogens is 4. The molecule has 2 amide bonds. The number of hydrogen-bond donors (Lipinski definition) is 1. The van der Waals surface area contributed by atoms with Gasteiger partial charge in [-0.3, -0.25) is 19.8 Å². The first-order valence-corrected chi connectivity index (χ1v) is 13.5. The Morgan fingerprint density at radius 1 is 1.05 bits per heavy atom. The van der Waals surface area contributed by atoms with Crippen molar-refractivity contribution in [2.45, 2.75) is 13.5 Å². The number of thiocarbonyl (C=S) groups is 1. The zero-order chi connectivity index (χ0) is 26.7. The van der Waals surface area contributed by atoms with Gasteiger partial charge in [-0.1, -0.05) is 53.0 Å². The monoisotopic (exact) mass is 686 g/mol. The smallest absolute Gasteiger partial charge is 0.270 e. The van der Waals surface area contributed by atoms with Crippen LogP contribution in [-0.4, -0.2) is 23.5 Å². The number of amides is 2. The maximum absolute atomic E-state index is 13.4. The van der Waals surface area contributed by atoms with Gasteiger partial charge in [0.1, 0.15) is 12.2 Å². The largest absolute Gasteiger partial charge is 0.490 e. The zero-order valence-electron chi connectivity index (χ0n) is 19.2. The van der Waals surface area contributed by atoms with Crippen molar-refractivity contribution in [1.29, 1.82) is 0 Å². The van der Waals surface area contributed by atoms with Gasteiger partial charge in [-0.15, -0.1) is 0 Å². The van der Waals surface area contributed by atoms with Crippen LogP contribution in [0.5, 0.6) is 11.5 Å².